The zero-order chi connectivity index (χ0) is 28.9. The monoisotopic (exact) mass is 593 g/mol. The SMILES string of the molecule is CC(C)c1ccc(CNC(=O)[C@@H]2NC3(CCCCC3)[C@@]3(C(=O)Nc4cc(Cl)ccc43)[C@H]2c2cccc(Cl)c2F)cc1. The minimum Gasteiger partial charge on any atom is -0.351 e. The Hall–Kier alpha value is -2.93. The lowest BCUT2D eigenvalue weighted by Gasteiger charge is -2.47. The maximum atomic E-state index is 16.0. The van der Waals surface area contributed by atoms with Crippen LogP contribution in [-0.4, -0.2) is 23.4 Å². The van der Waals surface area contributed by atoms with Gasteiger partial charge < -0.3 is 10.6 Å². The number of amides is 2. The Kier molecular flexibility index (Phi) is 7.37. The number of nitrogens with one attached hydrogen (secondary N) is 3. The zero-order valence-electron chi connectivity index (χ0n) is 23.2. The molecule has 3 atom stereocenters. The lowest BCUT2D eigenvalue weighted by atomic mass is 9.55. The number of fused-ring (bicyclic) bond motifs is 3. The normalized spacial score (nSPS) is 24.6. The van der Waals surface area contributed by atoms with Crippen LogP contribution in [0.25, 0.3) is 0 Å². The van der Waals surface area contributed by atoms with E-state index in [1.165, 1.54) is 11.6 Å². The van der Waals surface area contributed by atoms with Crippen molar-refractivity contribution in [2.45, 2.75) is 81.3 Å². The number of anilines is 1. The predicted octanol–water partition coefficient (Wildman–Crippen LogP) is 7.22. The number of hydrogen-bond acceptors (Lipinski definition) is 3. The molecule has 2 aliphatic heterocycles. The Morgan fingerprint density at radius 2 is 1.78 bits per heavy atom. The smallest absolute Gasteiger partial charge is 0.238 e. The van der Waals surface area contributed by atoms with Crippen LogP contribution in [0.3, 0.4) is 0 Å². The standard InChI is InChI=1S/C33H34Cl2FN3O2/c1-19(2)21-11-9-20(10-12-21)18-37-30(40)29-27(23-7-6-8-25(35)28(23)36)33(32(39-29)15-4-3-5-16-32)24-14-13-22(34)17-26(24)38-31(33)41/h6-14,17,19,27,29,39H,3-5,15-16,18H2,1-2H3,(H,37,40)(H,38,41)/t27-,29+,33+/m0/s1. The van der Waals surface area contributed by atoms with Crippen molar-refractivity contribution in [2.24, 2.45) is 0 Å². The molecule has 3 aromatic carbocycles. The molecule has 8 heteroatoms. The molecule has 0 bridgehead atoms. The number of carbonyl (C=O) groups is 2. The average Bonchev–Trinajstić information content (AvgIpc) is 3.41. The first-order valence-corrected chi connectivity index (χ1v) is 15.1. The Morgan fingerprint density at radius 1 is 1.05 bits per heavy atom. The van der Waals surface area contributed by atoms with Crippen LogP contribution < -0.4 is 16.0 Å². The largest absolute Gasteiger partial charge is 0.351 e. The molecular weight excluding hydrogens is 560 g/mol. The first-order chi connectivity index (χ1) is 19.7. The molecule has 1 saturated heterocycles. The third-order valence-corrected chi connectivity index (χ3v) is 9.95. The van der Waals surface area contributed by atoms with Crippen molar-refractivity contribution in [3.05, 3.63) is 98.8 Å². The van der Waals surface area contributed by atoms with Gasteiger partial charge >= 0.3 is 0 Å². The summed E-state index contributed by atoms with van der Waals surface area (Å²) in [5.74, 6) is -1.56. The minimum absolute atomic E-state index is 0.0404. The van der Waals surface area contributed by atoms with E-state index in [1.807, 2.05) is 18.2 Å². The molecule has 2 spiro atoms. The van der Waals surface area contributed by atoms with E-state index < -0.39 is 28.7 Å². The van der Waals surface area contributed by atoms with E-state index in [4.69, 9.17) is 23.2 Å². The summed E-state index contributed by atoms with van der Waals surface area (Å²) in [6.45, 7) is 4.60. The molecule has 6 rings (SSSR count). The van der Waals surface area contributed by atoms with Gasteiger partial charge in [-0.25, -0.2) is 4.39 Å². The molecule has 3 aromatic rings. The van der Waals surface area contributed by atoms with E-state index in [0.29, 0.717) is 36.0 Å². The van der Waals surface area contributed by atoms with Crippen LogP contribution in [0.4, 0.5) is 10.1 Å². The fourth-order valence-electron chi connectivity index (χ4n) is 7.54. The third-order valence-electron chi connectivity index (χ3n) is 9.42. The van der Waals surface area contributed by atoms with Gasteiger partial charge in [0.2, 0.25) is 11.8 Å². The molecule has 5 nitrogen and oxygen atoms in total. The fraction of sp³-hybridized carbons (Fsp3) is 0.394. The third kappa shape index (κ3) is 4.46. The predicted molar refractivity (Wildman–Crippen MR) is 161 cm³/mol. The van der Waals surface area contributed by atoms with E-state index in [0.717, 1.165) is 30.4 Å². The number of hydrogen-bond donors (Lipinski definition) is 3. The number of halogens is 3. The summed E-state index contributed by atoms with van der Waals surface area (Å²) in [7, 11) is 0. The summed E-state index contributed by atoms with van der Waals surface area (Å²) in [6.07, 6.45) is 4.19. The van der Waals surface area contributed by atoms with Gasteiger partial charge in [-0.1, -0.05) is 98.8 Å². The van der Waals surface area contributed by atoms with Gasteiger partial charge in [0.25, 0.3) is 0 Å². The van der Waals surface area contributed by atoms with Crippen LogP contribution in [0.15, 0.2) is 60.7 Å². The van der Waals surface area contributed by atoms with Crippen molar-refractivity contribution in [1.82, 2.24) is 10.6 Å². The van der Waals surface area contributed by atoms with E-state index in [-0.39, 0.29) is 22.4 Å². The van der Waals surface area contributed by atoms with Gasteiger partial charge in [-0.05, 0) is 59.2 Å². The Morgan fingerprint density at radius 3 is 2.49 bits per heavy atom. The minimum atomic E-state index is -1.24. The fourth-order valence-corrected chi connectivity index (χ4v) is 7.89. The maximum absolute atomic E-state index is 16.0. The summed E-state index contributed by atoms with van der Waals surface area (Å²) in [5.41, 5.74) is 1.80. The quantitative estimate of drug-likeness (QED) is 0.292. The van der Waals surface area contributed by atoms with Gasteiger partial charge in [-0.2, -0.15) is 0 Å². The van der Waals surface area contributed by atoms with E-state index in [2.05, 4.69) is 41.9 Å². The average molecular weight is 595 g/mol. The second kappa shape index (κ2) is 10.7. The molecular formula is C33H34Cl2FN3O2. The van der Waals surface area contributed by atoms with Crippen LogP contribution in [-0.2, 0) is 21.5 Å². The summed E-state index contributed by atoms with van der Waals surface area (Å²) in [6, 6.07) is 17.5. The summed E-state index contributed by atoms with van der Waals surface area (Å²) in [5, 5.41) is 10.3. The maximum Gasteiger partial charge on any atom is 0.238 e. The molecule has 3 N–H and O–H groups in total. The van der Waals surface area contributed by atoms with Crippen LogP contribution in [0.1, 0.15) is 80.0 Å². The molecule has 41 heavy (non-hydrogen) atoms. The van der Waals surface area contributed by atoms with Crippen molar-refractivity contribution >= 4 is 40.7 Å². The van der Waals surface area contributed by atoms with Crippen LogP contribution in [0, 0.1) is 5.82 Å². The highest BCUT2D eigenvalue weighted by atomic mass is 35.5. The summed E-state index contributed by atoms with van der Waals surface area (Å²) in [4.78, 5) is 28.5. The molecule has 3 aliphatic rings. The molecule has 214 valence electrons. The molecule has 2 fully saturated rings. The lowest BCUT2D eigenvalue weighted by Crippen LogP contribution is -2.60. The van der Waals surface area contributed by atoms with Gasteiger partial charge in [0, 0.05) is 28.7 Å². The van der Waals surface area contributed by atoms with Gasteiger partial charge in [0.15, 0.2) is 0 Å². The van der Waals surface area contributed by atoms with Crippen molar-refractivity contribution in [1.29, 1.82) is 0 Å². The molecule has 0 unspecified atom stereocenters. The van der Waals surface area contributed by atoms with E-state index >= 15 is 4.39 Å². The highest BCUT2D eigenvalue weighted by Crippen LogP contribution is 2.62. The summed E-state index contributed by atoms with van der Waals surface area (Å²) < 4.78 is 16.0. The van der Waals surface area contributed by atoms with Gasteiger partial charge in [-0.3, -0.25) is 14.9 Å². The van der Waals surface area contributed by atoms with Crippen molar-refractivity contribution in [3.63, 3.8) is 0 Å². The van der Waals surface area contributed by atoms with Crippen LogP contribution in [0.5, 0.6) is 0 Å². The highest BCUT2D eigenvalue weighted by Gasteiger charge is 2.72. The number of benzene rings is 3. The zero-order valence-corrected chi connectivity index (χ0v) is 24.7. The van der Waals surface area contributed by atoms with Crippen molar-refractivity contribution in [2.75, 3.05) is 5.32 Å². The van der Waals surface area contributed by atoms with Crippen LogP contribution >= 0.6 is 23.2 Å². The second-order valence-corrected chi connectivity index (χ2v) is 12.8. The molecule has 2 heterocycles. The van der Waals surface area contributed by atoms with Crippen LogP contribution in [0.2, 0.25) is 10.0 Å². The highest BCUT2D eigenvalue weighted by molar-refractivity contribution is 6.31. The summed E-state index contributed by atoms with van der Waals surface area (Å²) >= 11 is 12.7. The molecule has 0 radical (unpaired) electrons. The van der Waals surface area contributed by atoms with Gasteiger partial charge in [0.05, 0.1) is 11.1 Å². The topological polar surface area (TPSA) is 70.2 Å². The Labute approximate surface area is 250 Å². The van der Waals surface area contributed by atoms with Crippen molar-refractivity contribution in [3.8, 4) is 0 Å². The second-order valence-electron chi connectivity index (χ2n) is 12.0. The van der Waals surface area contributed by atoms with E-state index in [1.54, 1.807) is 24.3 Å². The van der Waals surface area contributed by atoms with Gasteiger partial charge in [0.1, 0.15) is 11.2 Å². The lowest BCUT2D eigenvalue weighted by molar-refractivity contribution is -0.124. The first kappa shape index (κ1) is 28.2. The first-order valence-electron chi connectivity index (χ1n) is 14.4. The molecule has 1 saturated carbocycles. The van der Waals surface area contributed by atoms with Gasteiger partial charge in [-0.15, -0.1) is 0 Å². The molecule has 0 aromatic heterocycles. The van der Waals surface area contributed by atoms with E-state index in [9.17, 15) is 9.59 Å². The molecule has 1 aliphatic carbocycles. The van der Waals surface area contributed by atoms with Crippen molar-refractivity contribution < 1.29 is 14.0 Å². The molecule has 2 amide bonds. The number of rotatable bonds is 5. The Balaban J connectivity index is 1.47. The Bertz CT molecular complexity index is 1500. The number of carbonyl (C=O) groups excluding carboxylic acids is 2.